The average Bonchev–Trinajstić information content (AvgIpc) is 3.26. The maximum atomic E-state index is 13.0. The number of benzene rings is 1. The second kappa shape index (κ2) is 7.47. The maximum Gasteiger partial charge on any atom is 0.254 e. The molecule has 1 aliphatic rings. The number of hydrogen-bond acceptors (Lipinski definition) is 6. The van der Waals surface area contributed by atoms with Crippen LogP contribution in [0.15, 0.2) is 28.8 Å². The molecule has 2 heterocycles. The minimum atomic E-state index is -0.340. The Bertz CT molecular complexity index is 817. The Morgan fingerprint density at radius 1 is 1.27 bits per heavy atom. The number of hydrogen-bond donors (Lipinski definition) is 1. The summed E-state index contributed by atoms with van der Waals surface area (Å²) in [7, 11) is 0. The van der Waals surface area contributed by atoms with Crippen LogP contribution in [-0.2, 0) is 4.79 Å². The summed E-state index contributed by atoms with van der Waals surface area (Å²) in [6.07, 6.45) is 0.715. The predicted octanol–water partition coefficient (Wildman–Crippen LogP) is 2.59. The Balaban J connectivity index is 1.74. The molecule has 0 unspecified atom stereocenters. The molecule has 8 heteroatoms. The van der Waals surface area contributed by atoms with Crippen LogP contribution in [-0.4, -0.2) is 41.3 Å². The summed E-state index contributed by atoms with van der Waals surface area (Å²) >= 11 is 0. The first-order valence-electron chi connectivity index (χ1n) is 8.41. The molecule has 0 bridgehead atoms. The van der Waals surface area contributed by atoms with Gasteiger partial charge in [-0.2, -0.15) is 0 Å². The van der Waals surface area contributed by atoms with E-state index < -0.39 is 0 Å². The summed E-state index contributed by atoms with van der Waals surface area (Å²) in [6, 6.07) is 6.51. The Morgan fingerprint density at radius 3 is 2.73 bits per heavy atom. The smallest absolute Gasteiger partial charge is 0.254 e. The lowest BCUT2D eigenvalue weighted by Crippen LogP contribution is -2.43. The van der Waals surface area contributed by atoms with Gasteiger partial charge in [-0.1, -0.05) is 12.1 Å². The van der Waals surface area contributed by atoms with Crippen molar-refractivity contribution in [3.63, 3.8) is 0 Å². The summed E-state index contributed by atoms with van der Waals surface area (Å²) in [5, 5.41) is 6.37. The number of nitrogens with zero attached hydrogens (tertiary/aromatic N) is 2. The third kappa shape index (κ3) is 3.79. The number of carbonyl (C=O) groups is 2. The van der Waals surface area contributed by atoms with Crippen LogP contribution >= 0.6 is 0 Å². The van der Waals surface area contributed by atoms with Crippen molar-refractivity contribution in [2.75, 3.05) is 18.7 Å². The van der Waals surface area contributed by atoms with Crippen molar-refractivity contribution in [1.82, 2.24) is 10.1 Å². The first kappa shape index (κ1) is 17.8. The van der Waals surface area contributed by atoms with E-state index in [2.05, 4.69) is 10.5 Å². The van der Waals surface area contributed by atoms with E-state index in [1.54, 1.807) is 31.2 Å². The van der Waals surface area contributed by atoms with Gasteiger partial charge in [-0.3, -0.25) is 9.59 Å². The van der Waals surface area contributed by atoms with Gasteiger partial charge >= 0.3 is 0 Å². The van der Waals surface area contributed by atoms with Gasteiger partial charge in [-0.05, 0) is 38.5 Å². The first-order chi connectivity index (χ1) is 12.5. The number of nitrogens with one attached hydrogen (secondary N) is 1. The van der Waals surface area contributed by atoms with Gasteiger partial charge in [-0.15, -0.1) is 0 Å². The summed E-state index contributed by atoms with van der Waals surface area (Å²) in [5.74, 6) is 1.47. The number of amides is 2. The van der Waals surface area contributed by atoms with Crippen molar-refractivity contribution in [1.29, 1.82) is 0 Å². The molecule has 3 rings (SSSR count). The molecule has 26 heavy (non-hydrogen) atoms. The lowest BCUT2D eigenvalue weighted by molar-refractivity contribution is -0.117. The topological polar surface area (TPSA) is 93.9 Å². The molecule has 138 valence electrons. The van der Waals surface area contributed by atoms with E-state index in [-0.39, 0.29) is 31.2 Å². The van der Waals surface area contributed by atoms with Gasteiger partial charge in [-0.25, -0.2) is 0 Å². The third-order valence-electron chi connectivity index (χ3n) is 4.21. The molecule has 0 saturated heterocycles. The van der Waals surface area contributed by atoms with Crippen LogP contribution in [0.5, 0.6) is 11.5 Å². The van der Waals surface area contributed by atoms with E-state index >= 15 is 0 Å². The zero-order valence-electron chi connectivity index (χ0n) is 14.9. The van der Waals surface area contributed by atoms with Gasteiger partial charge in [0.05, 0.1) is 0 Å². The van der Waals surface area contributed by atoms with Crippen LogP contribution in [0, 0.1) is 6.92 Å². The number of aromatic nitrogens is 1. The minimum absolute atomic E-state index is 0.0891. The molecule has 0 fully saturated rings. The molecule has 0 aliphatic carbocycles. The lowest BCUT2D eigenvalue weighted by atomic mass is 10.1. The zero-order chi connectivity index (χ0) is 18.7. The van der Waals surface area contributed by atoms with Crippen molar-refractivity contribution in [3.05, 3.63) is 35.6 Å². The van der Waals surface area contributed by atoms with E-state index in [4.69, 9.17) is 14.0 Å². The fraction of sp³-hybridized carbons (Fsp3) is 0.389. The van der Waals surface area contributed by atoms with Gasteiger partial charge in [0.25, 0.3) is 5.91 Å². The fourth-order valence-electron chi connectivity index (χ4n) is 2.61. The van der Waals surface area contributed by atoms with E-state index in [1.165, 1.54) is 4.90 Å². The van der Waals surface area contributed by atoms with Crippen molar-refractivity contribution in [2.24, 2.45) is 0 Å². The van der Waals surface area contributed by atoms with Gasteiger partial charge in [0.1, 0.15) is 12.3 Å². The molecule has 1 aliphatic heterocycles. The number of fused-ring (bicyclic) bond motifs is 1. The Kier molecular flexibility index (Phi) is 5.11. The van der Waals surface area contributed by atoms with E-state index in [1.807, 2.05) is 13.8 Å². The quantitative estimate of drug-likeness (QED) is 0.852. The largest absolute Gasteiger partial charge is 0.454 e. The summed E-state index contributed by atoms with van der Waals surface area (Å²) in [4.78, 5) is 26.8. The molecule has 2 amide bonds. The van der Waals surface area contributed by atoms with Crippen LogP contribution in [0.1, 0.15) is 36.4 Å². The summed E-state index contributed by atoms with van der Waals surface area (Å²) in [6.45, 7) is 5.65. The highest BCUT2D eigenvalue weighted by Gasteiger charge is 2.25. The highest BCUT2D eigenvalue weighted by molar-refractivity contribution is 5.99. The monoisotopic (exact) mass is 359 g/mol. The van der Waals surface area contributed by atoms with Gasteiger partial charge in [0, 0.05) is 17.7 Å². The molecule has 8 nitrogen and oxygen atoms in total. The normalized spacial score (nSPS) is 13.3. The Labute approximate surface area is 151 Å². The Hall–Kier alpha value is -3.03. The van der Waals surface area contributed by atoms with Crippen molar-refractivity contribution in [2.45, 2.75) is 33.2 Å². The van der Waals surface area contributed by atoms with Crippen molar-refractivity contribution >= 4 is 17.6 Å². The molecule has 0 radical (unpaired) electrons. The van der Waals surface area contributed by atoms with Crippen LogP contribution in [0.25, 0.3) is 0 Å². The molecule has 1 N–H and O–H groups in total. The number of rotatable bonds is 6. The number of ether oxygens (including phenoxy) is 2. The number of carbonyl (C=O) groups excluding carboxylic acids is 2. The molecule has 1 atom stereocenters. The van der Waals surface area contributed by atoms with E-state index in [0.717, 1.165) is 0 Å². The van der Waals surface area contributed by atoms with Gasteiger partial charge in [0.15, 0.2) is 17.3 Å². The molecule has 1 aromatic heterocycles. The molecule has 0 spiro atoms. The second-order valence-corrected chi connectivity index (χ2v) is 6.13. The lowest BCUT2D eigenvalue weighted by Gasteiger charge is -2.28. The fourth-order valence-corrected chi connectivity index (χ4v) is 2.61. The summed E-state index contributed by atoms with van der Waals surface area (Å²) < 4.78 is 15.5. The maximum absolute atomic E-state index is 13.0. The van der Waals surface area contributed by atoms with Gasteiger partial charge < -0.3 is 24.2 Å². The third-order valence-corrected chi connectivity index (χ3v) is 4.21. The average molecular weight is 359 g/mol. The van der Waals surface area contributed by atoms with Crippen molar-refractivity contribution < 1.29 is 23.6 Å². The highest BCUT2D eigenvalue weighted by atomic mass is 16.7. The number of aryl methyl sites for hydroxylation is 1. The van der Waals surface area contributed by atoms with Crippen molar-refractivity contribution in [3.8, 4) is 11.5 Å². The summed E-state index contributed by atoms with van der Waals surface area (Å²) in [5.41, 5.74) is 0.444. The molecular weight excluding hydrogens is 338 g/mol. The first-order valence-corrected chi connectivity index (χ1v) is 8.41. The standard InChI is InChI=1S/C18H21N3O5/c1-4-11(2)21(9-17(22)19-16-7-12(3)26-20-16)18(23)13-5-6-14-15(8-13)25-10-24-14/h5-8,11H,4,9-10H2,1-3H3,(H,19,20,22)/t11-/m1/s1. The minimum Gasteiger partial charge on any atom is -0.454 e. The molecule has 0 saturated carbocycles. The number of anilines is 1. The molecule has 1 aromatic carbocycles. The Morgan fingerprint density at radius 2 is 2.04 bits per heavy atom. The molecule has 2 aromatic rings. The van der Waals surface area contributed by atoms with Crippen LogP contribution in [0.4, 0.5) is 5.82 Å². The zero-order valence-corrected chi connectivity index (χ0v) is 14.9. The second-order valence-electron chi connectivity index (χ2n) is 6.13. The highest BCUT2D eigenvalue weighted by Crippen LogP contribution is 2.33. The van der Waals surface area contributed by atoms with Crippen LogP contribution in [0.3, 0.4) is 0 Å². The SMILES string of the molecule is CC[C@@H](C)N(CC(=O)Nc1cc(C)on1)C(=O)c1ccc2c(c1)OCO2. The van der Waals surface area contributed by atoms with E-state index in [9.17, 15) is 9.59 Å². The predicted molar refractivity (Wildman–Crippen MR) is 93.2 cm³/mol. The van der Waals surface area contributed by atoms with Gasteiger partial charge in [0.2, 0.25) is 12.7 Å². The molecular formula is C18H21N3O5. The van der Waals surface area contributed by atoms with E-state index in [0.29, 0.717) is 35.1 Å². The van der Waals surface area contributed by atoms with Crippen LogP contribution in [0.2, 0.25) is 0 Å². The van der Waals surface area contributed by atoms with Crippen LogP contribution < -0.4 is 14.8 Å².